The molecular formula is C24H19F4N3O5. The highest BCUT2D eigenvalue weighted by Gasteiger charge is 2.43. The highest BCUT2D eigenvalue weighted by atomic mass is 19.4. The van der Waals surface area contributed by atoms with Crippen LogP contribution in [-0.4, -0.2) is 37.1 Å². The van der Waals surface area contributed by atoms with E-state index in [1.165, 1.54) is 43.6 Å². The lowest BCUT2D eigenvalue weighted by molar-refractivity contribution is -0.275. The summed E-state index contributed by atoms with van der Waals surface area (Å²) in [6, 6.07) is 11.3. The second kappa shape index (κ2) is 9.72. The Labute approximate surface area is 202 Å². The molecule has 188 valence electrons. The van der Waals surface area contributed by atoms with Crippen LogP contribution < -0.4 is 20.1 Å². The van der Waals surface area contributed by atoms with Crippen LogP contribution in [0.3, 0.4) is 0 Å². The van der Waals surface area contributed by atoms with Crippen molar-refractivity contribution >= 4 is 17.7 Å². The molecule has 0 saturated carbocycles. The molecule has 0 unspecified atom stereocenters. The van der Waals surface area contributed by atoms with Crippen molar-refractivity contribution in [1.29, 1.82) is 0 Å². The summed E-state index contributed by atoms with van der Waals surface area (Å²) in [5, 5.41) is 5.37. The third-order valence-corrected chi connectivity index (χ3v) is 5.43. The van der Waals surface area contributed by atoms with Crippen LogP contribution >= 0.6 is 0 Å². The molecule has 0 radical (unpaired) electrons. The minimum atomic E-state index is -5.08. The minimum Gasteiger partial charge on any atom is -0.491 e. The van der Waals surface area contributed by atoms with E-state index in [9.17, 15) is 27.2 Å². The zero-order valence-corrected chi connectivity index (χ0v) is 18.7. The normalized spacial score (nSPS) is 16.8. The quantitative estimate of drug-likeness (QED) is 0.384. The number of amides is 2. The average molecular weight is 505 g/mol. The van der Waals surface area contributed by atoms with Crippen molar-refractivity contribution < 1.29 is 41.4 Å². The summed E-state index contributed by atoms with van der Waals surface area (Å²) >= 11 is 0. The van der Waals surface area contributed by atoms with E-state index in [0.717, 1.165) is 12.1 Å². The number of rotatable bonds is 5. The van der Waals surface area contributed by atoms with E-state index < -0.39 is 35.5 Å². The fourth-order valence-corrected chi connectivity index (χ4v) is 3.91. The number of methoxy groups -OCH3 is 1. The molecule has 2 amide bonds. The molecule has 0 fully saturated rings. The summed E-state index contributed by atoms with van der Waals surface area (Å²) in [6.45, 7) is 0.0964. The van der Waals surface area contributed by atoms with Gasteiger partial charge in [-0.25, -0.2) is 14.0 Å². The first-order chi connectivity index (χ1) is 17.1. The smallest absolute Gasteiger partial charge is 0.491 e. The predicted octanol–water partition coefficient (Wildman–Crippen LogP) is 4.75. The van der Waals surface area contributed by atoms with Crippen LogP contribution in [0.15, 0.2) is 60.8 Å². The van der Waals surface area contributed by atoms with E-state index in [4.69, 9.17) is 4.74 Å². The topological polar surface area (TPSA) is 98.8 Å². The molecular weight excluding hydrogens is 486 g/mol. The van der Waals surface area contributed by atoms with Crippen LogP contribution in [0.25, 0.3) is 0 Å². The van der Waals surface area contributed by atoms with Crippen molar-refractivity contribution in [3.05, 3.63) is 83.4 Å². The van der Waals surface area contributed by atoms with E-state index in [1.807, 2.05) is 0 Å². The standard InChI is InChI=1S/C24H19F4N3O5/c1-34-21(32)14-4-2-5-16(12-14)30-22(33)31-23(9-11-35-19-6-3-10-29-20(19)23)15-7-8-18(17(25)13-15)36-24(26,27)28/h2-8,10,12-13H,9,11H2,1H3,(H2,30,31,33)/t23-/m0/s1. The highest BCUT2D eigenvalue weighted by Crippen LogP contribution is 2.41. The zero-order chi connectivity index (χ0) is 25.9. The Morgan fingerprint density at radius 3 is 2.64 bits per heavy atom. The number of aromatic nitrogens is 1. The number of pyridine rings is 1. The fourth-order valence-electron chi connectivity index (χ4n) is 3.91. The van der Waals surface area contributed by atoms with Gasteiger partial charge in [-0.05, 0) is 48.0 Å². The first-order valence-corrected chi connectivity index (χ1v) is 10.5. The number of alkyl halides is 3. The number of benzene rings is 2. The van der Waals surface area contributed by atoms with Crippen molar-refractivity contribution in [3.63, 3.8) is 0 Å². The lowest BCUT2D eigenvalue weighted by atomic mass is 9.81. The van der Waals surface area contributed by atoms with Gasteiger partial charge in [-0.2, -0.15) is 0 Å². The number of hydrogen-bond donors (Lipinski definition) is 2. The zero-order valence-electron chi connectivity index (χ0n) is 18.7. The van der Waals surface area contributed by atoms with Gasteiger partial charge in [0.05, 0.1) is 19.3 Å². The lowest BCUT2D eigenvalue weighted by Gasteiger charge is -2.39. The maximum absolute atomic E-state index is 14.7. The van der Waals surface area contributed by atoms with E-state index in [0.29, 0.717) is 5.75 Å². The van der Waals surface area contributed by atoms with Gasteiger partial charge in [-0.1, -0.05) is 12.1 Å². The lowest BCUT2D eigenvalue weighted by Crippen LogP contribution is -2.51. The summed E-state index contributed by atoms with van der Waals surface area (Å²) in [5.74, 6) is -2.58. The van der Waals surface area contributed by atoms with Gasteiger partial charge in [0.25, 0.3) is 0 Å². The Morgan fingerprint density at radius 1 is 1.11 bits per heavy atom. The van der Waals surface area contributed by atoms with E-state index >= 15 is 0 Å². The Balaban J connectivity index is 1.71. The van der Waals surface area contributed by atoms with Crippen molar-refractivity contribution in [2.75, 3.05) is 19.0 Å². The molecule has 0 spiro atoms. The molecule has 36 heavy (non-hydrogen) atoms. The van der Waals surface area contributed by atoms with Crippen LogP contribution in [0, 0.1) is 5.82 Å². The number of urea groups is 1. The number of esters is 1. The molecule has 1 aliphatic rings. The van der Waals surface area contributed by atoms with E-state index in [2.05, 4.69) is 25.1 Å². The van der Waals surface area contributed by atoms with Gasteiger partial charge in [0.1, 0.15) is 17.0 Å². The summed E-state index contributed by atoms with van der Waals surface area (Å²) in [7, 11) is 1.22. The Kier molecular flexibility index (Phi) is 6.69. The Morgan fingerprint density at radius 2 is 1.92 bits per heavy atom. The van der Waals surface area contributed by atoms with Crippen LogP contribution in [0.4, 0.5) is 28.0 Å². The molecule has 3 aromatic rings. The molecule has 2 heterocycles. The Bertz CT molecular complexity index is 1300. The summed E-state index contributed by atoms with van der Waals surface area (Å²) < 4.78 is 66.6. The molecule has 4 rings (SSSR count). The number of ether oxygens (including phenoxy) is 3. The molecule has 8 nitrogen and oxygen atoms in total. The number of hydrogen-bond acceptors (Lipinski definition) is 6. The minimum absolute atomic E-state index is 0.0888. The van der Waals surface area contributed by atoms with Crippen molar-refractivity contribution in [2.45, 2.75) is 18.3 Å². The number of carbonyl (C=O) groups excluding carboxylic acids is 2. The SMILES string of the molecule is COC(=O)c1cccc(NC(=O)N[C@]2(c3ccc(OC(F)(F)F)c(F)c3)CCOc3cccnc32)c1. The van der Waals surface area contributed by atoms with Gasteiger partial charge >= 0.3 is 18.4 Å². The number of halogens is 4. The highest BCUT2D eigenvalue weighted by molar-refractivity contribution is 5.94. The van der Waals surface area contributed by atoms with Crippen LogP contribution in [0.5, 0.6) is 11.5 Å². The first kappa shape index (κ1) is 24.8. The van der Waals surface area contributed by atoms with Crippen LogP contribution in [0.1, 0.15) is 28.0 Å². The number of nitrogens with one attached hydrogen (secondary N) is 2. The maximum atomic E-state index is 14.7. The largest absolute Gasteiger partial charge is 0.573 e. The van der Waals surface area contributed by atoms with Gasteiger partial charge in [0, 0.05) is 18.3 Å². The van der Waals surface area contributed by atoms with Gasteiger partial charge in [0.15, 0.2) is 11.6 Å². The number of fused-ring (bicyclic) bond motifs is 1. The molecule has 1 aliphatic heterocycles. The van der Waals surface area contributed by atoms with Gasteiger partial charge in [-0.15, -0.1) is 13.2 Å². The molecule has 0 aliphatic carbocycles. The van der Waals surface area contributed by atoms with Crippen molar-refractivity contribution in [1.82, 2.24) is 10.3 Å². The monoisotopic (exact) mass is 505 g/mol. The third kappa shape index (κ3) is 5.16. The van der Waals surface area contributed by atoms with E-state index in [-0.39, 0.29) is 35.5 Å². The molecule has 0 bridgehead atoms. The van der Waals surface area contributed by atoms with Crippen molar-refractivity contribution in [3.8, 4) is 11.5 Å². The molecule has 2 N–H and O–H groups in total. The average Bonchev–Trinajstić information content (AvgIpc) is 2.84. The fraction of sp³-hybridized carbons (Fsp3) is 0.208. The summed E-state index contributed by atoms with van der Waals surface area (Å²) in [4.78, 5) is 29.2. The van der Waals surface area contributed by atoms with Gasteiger partial charge in [-0.3, -0.25) is 4.98 Å². The first-order valence-electron chi connectivity index (χ1n) is 10.5. The number of anilines is 1. The van der Waals surface area contributed by atoms with Gasteiger partial charge in [0.2, 0.25) is 0 Å². The predicted molar refractivity (Wildman–Crippen MR) is 118 cm³/mol. The van der Waals surface area contributed by atoms with Crippen molar-refractivity contribution in [2.24, 2.45) is 0 Å². The van der Waals surface area contributed by atoms with Crippen LogP contribution in [0.2, 0.25) is 0 Å². The van der Waals surface area contributed by atoms with Crippen LogP contribution in [-0.2, 0) is 10.3 Å². The Hall–Kier alpha value is -4.35. The second-order valence-electron chi connectivity index (χ2n) is 7.70. The number of carbonyl (C=O) groups is 2. The molecule has 12 heteroatoms. The third-order valence-electron chi connectivity index (χ3n) is 5.43. The maximum Gasteiger partial charge on any atom is 0.573 e. The molecule has 2 aromatic carbocycles. The number of nitrogens with zero attached hydrogens (tertiary/aromatic N) is 1. The van der Waals surface area contributed by atoms with E-state index in [1.54, 1.807) is 12.1 Å². The molecule has 1 aromatic heterocycles. The van der Waals surface area contributed by atoms with Gasteiger partial charge < -0.3 is 24.8 Å². The summed E-state index contributed by atoms with van der Waals surface area (Å²) in [6.07, 6.45) is -3.55. The molecule has 1 atom stereocenters. The molecule has 0 saturated heterocycles. The second-order valence-corrected chi connectivity index (χ2v) is 7.70. The summed E-state index contributed by atoms with van der Waals surface area (Å²) in [5.41, 5.74) is -0.643.